The van der Waals surface area contributed by atoms with Crippen LogP contribution in [0.1, 0.15) is 58.9 Å². The minimum Gasteiger partial charge on any atom is -0.493 e. The molecule has 4 aromatic rings. The Morgan fingerprint density at radius 3 is 2.76 bits per heavy atom. The topological polar surface area (TPSA) is 55.6 Å². The van der Waals surface area contributed by atoms with Gasteiger partial charge >= 0.3 is 0 Å². The van der Waals surface area contributed by atoms with E-state index in [4.69, 9.17) is 33.0 Å². The number of fused-ring (bicyclic) bond motifs is 2. The van der Waals surface area contributed by atoms with Gasteiger partial charge in [0.1, 0.15) is 15.5 Å². The van der Waals surface area contributed by atoms with E-state index < -0.39 is 0 Å². The summed E-state index contributed by atoms with van der Waals surface area (Å²) in [7, 11) is 0. The lowest BCUT2D eigenvalue weighted by Crippen LogP contribution is -2.32. The SMILES string of the molecule is Cc1nn2c(C(C)C)c(C(=O)N[C@H]3CCOc4ccccc43)sc2c1-c1ccc(Cl)c(Cl)c1. The van der Waals surface area contributed by atoms with E-state index in [9.17, 15) is 4.79 Å². The molecular weight excluding hydrogens is 477 g/mol. The predicted molar refractivity (Wildman–Crippen MR) is 134 cm³/mol. The van der Waals surface area contributed by atoms with Gasteiger partial charge in [-0.1, -0.05) is 61.3 Å². The van der Waals surface area contributed by atoms with Gasteiger partial charge in [0.05, 0.1) is 34.1 Å². The molecule has 2 aromatic carbocycles. The first-order valence-electron chi connectivity index (χ1n) is 10.8. The minimum absolute atomic E-state index is 0.0892. The fourth-order valence-electron chi connectivity index (χ4n) is 4.38. The number of aromatic nitrogens is 2. The zero-order chi connectivity index (χ0) is 23.3. The molecule has 5 rings (SSSR count). The highest BCUT2D eigenvalue weighted by Crippen LogP contribution is 2.40. The molecule has 0 unspecified atom stereocenters. The molecule has 3 heterocycles. The Hall–Kier alpha value is -2.54. The van der Waals surface area contributed by atoms with Gasteiger partial charge < -0.3 is 10.1 Å². The van der Waals surface area contributed by atoms with E-state index in [1.165, 1.54) is 11.3 Å². The highest BCUT2D eigenvalue weighted by molar-refractivity contribution is 7.20. The summed E-state index contributed by atoms with van der Waals surface area (Å²) >= 11 is 13.9. The van der Waals surface area contributed by atoms with Crippen LogP contribution < -0.4 is 10.1 Å². The molecule has 1 aliphatic rings. The molecule has 0 saturated carbocycles. The van der Waals surface area contributed by atoms with Gasteiger partial charge in [0.25, 0.3) is 5.91 Å². The second-order valence-electron chi connectivity index (χ2n) is 8.48. The number of aryl methyl sites for hydroxylation is 1. The molecule has 33 heavy (non-hydrogen) atoms. The maximum absolute atomic E-state index is 13.5. The number of ether oxygens (including phenoxy) is 1. The number of amides is 1. The number of hydrogen-bond donors (Lipinski definition) is 1. The molecule has 0 bridgehead atoms. The van der Waals surface area contributed by atoms with Crippen LogP contribution in [0.4, 0.5) is 0 Å². The van der Waals surface area contributed by atoms with Crippen LogP contribution in [0, 0.1) is 6.92 Å². The van der Waals surface area contributed by atoms with Crippen molar-refractivity contribution >= 4 is 45.3 Å². The van der Waals surface area contributed by atoms with Crippen molar-refractivity contribution in [2.24, 2.45) is 0 Å². The number of nitrogens with one attached hydrogen (secondary N) is 1. The number of thiazole rings is 1. The Bertz CT molecular complexity index is 1380. The number of carbonyl (C=O) groups excluding carboxylic acids is 1. The van der Waals surface area contributed by atoms with Crippen molar-refractivity contribution in [1.82, 2.24) is 14.9 Å². The maximum Gasteiger partial charge on any atom is 0.263 e. The first kappa shape index (κ1) is 22.3. The van der Waals surface area contributed by atoms with Gasteiger partial charge in [0.2, 0.25) is 0 Å². The van der Waals surface area contributed by atoms with Crippen LogP contribution in [0.15, 0.2) is 42.5 Å². The van der Waals surface area contributed by atoms with Gasteiger partial charge in [-0.15, -0.1) is 11.3 Å². The molecule has 2 aromatic heterocycles. The first-order chi connectivity index (χ1) is 15.8. The largest absolute Gasteiger partial charge is 0.493 e. The average molecular weight is 500 g/mol. The van der Waals surface area contributed by atoms with Crippen LogP contribution in [0.2, 0.25) is 10.0 Å². The van der Waals surface area contributed by atoms with Crippen LogP contribution in [-0.2, 0) is 0 Å². The Balaban J connectivity index is 1.57. The van der Waals surface area contributed by atoms with Gasteiger partial charge in [-0.05, 0) is 36.6 Å². The second kappa shape index (κ2) is 8.67. The summed E-state index contributed by atoms with van der Waals surface area (Å²) in [5, 5.41) is 9.04. The highest BCUT2D eigenvalue weighted by atomic mass is 35.5. The summed E-state index contributed by atoms with van der Waals surface area (Å²) < 4.78 is 7.66. The maximum atomic E-state index is 13.5. The zero-order valence-corrected chi connectivity index (χ0v) is 20.8. The van der Waals surface area contributed by atoms with Crippen molar-refractivity contribution in [3.05, 3.63) is 74.3 Å². The Morgan fingerprint density at radius 1 is 1.21 bits per heavy atom. The molecule has 0 saturated heterocycles. The third-order valence-electron chi connectivity index (χ3n) is 5.90. The normalized spacial score (nSPS) is 15.5. The van der Waals surface area contributed by atoms with E-state index >= 15 is 0 Å². The predicted octanol–water partition coefficient (Wildman–Crippen LogP) is 7.06. The standard InChI is InChI=1S/C25H23Cl2N3O2S/c1-13(2)22-23(24(31)28-19-10-11-32-20-7-5-4-6-16(19)20)33-25-21(14(3)29-30(22)25)15-8-9-17(26)18(27)12-15/h4-9,12-13,19H,10-11H2,1-3H3,(H,28,31)/t19-/m0/s1. The molecule has 170 valence electrons. The smallest absolute Gasteiger partial charge is 0.263 e. The quantitative estimate of drug-likeness (QED) is 0.327. The summed E-state index contributed by atoms with van der Waals surface area (Å²) in [5.74, 6) is 0.854. The third kappa shape index (κ3) is 3.90. The van der Waals surface area contributed by atoms with E-state index in [0.717, 1.165) is 45.1 Å². The summed E-state index contributed by atoms with van der Waals surface area (Å²) in [6.07, 6.45) is 0.732. The van der Waals surface area contributed by atoms with Crippen molar-refractivity contribution in [2.45, 2.75) is 39.2 Å². The van der Waals surface area contributed by atoms with Crippen molar-refractivity contribution in [1.29, 1.82) is 0 Å². The molecule has 0 radical (unpaired) electrons. The molecule has 1 atom stereocenters. The molecule has 8 heteroatoms. The lowest BCUT2D eigenvalue weighted by Gasteiger charge is -2.26. The molecule has 5 nitrogen and oxygen atoms in total. The van der Waals surface area contributed by atoms with E-state index in [0.29, 0.717) is 21.5 Å². The molecule has 1 aliphatic heterocycles. The monoisotopic (exact) mass is 499 g/mol. The molecule has 0 aliphatic carbocycles. The summed E-state index contributed by atoms with van der Waals surface area (Å²) in [5.41, 5.74) is 4.70. The summed E-state index contributed by atoms with van der Waals surface area (Å²) in [6, 6.07) is 13.4. The zero-order valence-electron chi connectivity index (χ0n) is 18.5. The highest BCUT2D eigenvalue weighted by Gasteiger charge is 2.29. The Kier molecular flexibility index (Phi) is 5.85. The van der Waals surface area contributed by atoms with Crippen LogP contribution in [0.3, 0.4) is 0 Å². The van der Waals surface area contributed by atoms with E-state index in [1.807, 2.05) is 47.8 Å². The summed E-state index contributed by atoms with van der Waals surface area (Å²) in [6.45, 7) is 6.71. The number of hydrogen-bond acceptors (Lipinski definition) is 4. The molecule has 1 N–H and O–H groups in total. The Morgan fingerprint density at radius 2 is 2.00 bits per heavy atom. The van der Waals surface area contributed by atoms with Gasteiger partial charge in [-0.3, -0.25) is 4.79 Å². The first-order valence-corrected chi connectivity index (χ1v) is 12.4. The van der Waals surface area contributed by atoms with Crippen LogP contribution in [0.5, 0.6) is 5.75 Å². The van der Waals surface area contributed by atoms with Gasteiger partial charge in [0.15, 0.2) is 0 Å². The van der Waals surface area contributed by atoms with Gasteiger partial charge in [-0.2, -0.15) is 5.10 Å². The van der Waals surface area contributed by atoms with Crippen molar-refractivity contribution in [2.75, 3.05) is 6.61 Å². The molecule has 1 amide bonds. The second-order valence-corrected chi connectivity index (χ2v) is 10.3. The van der Waals surface area contributed by atoms with Crippen molar-refractivity contribution in [3.63, 3.8) is 0 Å². The number of halogens is 2. The van der Waals surface area contributed by atoms with Crippen LogP contribution in [-0.4, -0.2) is 22.1 Å². The fourth-order valence-corrected chi connectivity index (χ4v) is 6.04. The number of para-hydroxylation sites is 1. The summed E-state index contributed by atoms with van der Waals surface area (Å²) in [4.78, 5) is 15.1. The lowest BCUT2D eigenvalue weighted by molar-refractivity contribution is 0.0927. The fraction of sp³-hybridized carbons (Fsp3) is 0.280. The lowest BCUT2D eigenvalue weighted by atomic mass is 10.0. The van der Waals surface area contributed by atoms with E-state index in [-0.39, 0.29) is 17.9 Å². The Labute approximate surface area is 206 Å². The third-order valence-corrected chi connectivity index (χ3v) is 7.81. The van der Waals surface area contributed by atoms with Crippen molar-refractivity contribution in [3.8, 4) is 16.9 Å². The average Bonchev–Trinajstić information content (AvgIpc) is 3.30. The van der Waals surface area contributed by atoms with Crippen molar-refractivity contribution < 1.29 is 9.53 Å². The van der Waals surface area contributed by atoms with Gasteiger partial charge in [0, 0.05) is 17.5 Å². The number of rotatable bonds is 4. The van der Waals surface area contributed by atoms with Crippen LogP contribution >= 0.6 is 34.5 Å². The number of nitrogens with zero attached hydrogens (tertiary/aromatic N) is 2. The van der Waals surface area contributed by atoms with E-state index in [2.05, 4.69) is 19.2 Å². The number of carbonyl (C=O) groups is 1. The minimum atomic E-state index is -0.0897. The van der Waals surface area contributed by atoms with Crippen LogP contribution in [0.25, 0.3) is 16.0 Å². The number of benzene rings is 2. The van der Waals surface area contributed by atoms with E-state index in [1.54, 1.807) is 6.07 Å². The molecular formula is C25H23Cl2N3O2S. The molecule has 0 spiro atoms. The molecule has 0 fully saturated rings. The van der Waals surface area contributed by atoms with Gasteiger partial charge in [-0.25, -0.2) is 4.52 Å².